The Morgan fingerprint density at radius 2 is 1.76 bits per heavy atom. The zero-order chi connectivity index (χ0) is 16.3. The Hall–Kier alpha value is -1.51. The molecule has 0 fully saturated rings. The van der Waals surface area contributed by atoms with Crippen molar-refractivity contribution < 1.29 is 31.1 Å². The number of ether oxygens (including phenoxy) is 1. The minimum atomic E-state index is -5.55. The monoisotopic (exact) mass is 316 g/mol. The predicted molar refractivity (Wildman–Crippen MR) is 62.9 cm³/mol. The van der Waals surface area contributed by atoms with Gasteiger partial charge in [0, 0.05) is 30.1 Å². The van der Waals surface area contributed by atoms with Gasteiger partial charge in [-0.15, -0.1) is 0 Å². The highest BCUT2D eigenvalue weighted by Gasteiger charge is 2.59. The number of rotatable bonds is 5. The first kappa shape index (κ1) is 17.5. The molecule has 1 rings (SSSR count). The number of hydrogen-bond acceptors (Lipinski definition) is 3. The summed E-state index contributed by atoms with van der Waals surface area (Å²) in [6.07, 6.45) is -13.8. The quantitative estimate of drug-likeness (QED) is 0.846. The van der Waals surface area contributed by atoms with Crippen molar-refractivity contribution in [2.75, 3.05) is 6.54 Å². The molecule has 0 spiro atoms. The number of nitrogens with zero attached hydrogens (tertiary/aromatic N) is 1. The fourth-order valence-corrected chi connectivity index (χ4v) is 1.51. The molecule has 3 nitrogen and oxygen atoms in total. The lowest BCUT2D eigenvalue weighted by molar-refractivity contribution is -0.300. The van der Waals surface area contributed by atoms with Crippen molar-refractivity contribution in [3.63, 3.8) is 0 Å². The molecule has 0 aromatic carbocycles. The van der Waals surface area contributed by atoms with E-state index in [2.05, 4.69) is 15.0 Å². The molecule has 120 valence electrons. The highest BCUT2D eigenvalue weighted by Crippen LogP contribution is 2.37. The predicted octanol–water partition coefficient (Wildman–Crippen LogP) is 3.37. The van der Waals surface area contributed by atoms with Crippen molar-refractivity contribution >= 4 is 0 Å². The van der Waals surface area contributed by atoms with Crippen LogP contribution in [-0.2, 0) is 6.54 Å². The molecule has 21 heavy (non-hydrogen) atoms. The minimum Gasteiger partial charge on any atom is -0.471 e. The zero-order valence-corrected chi connectivity index (χ0v) is 11.3. The van der Waals surface area contributed by atoms with Crippen LogP contribution >= 0.6 is 0 Å². The maximum atomic E-state index is 12.5. The second-order valence-electron chi connectivity index (χ2n) is 4.29. The largest absolute Gasteiger partial charge is 0.471 e. The normalized spacial score (nSPS) is 12.8. The highest BCUT2D eigenvalue weighted by molar-refractivity contribution is 5.33. The van der Waals surface area contributed by atoms with E-state index < -0.39 is 24.2 Å². The third kappa shape index (κ3) is 5.07. The van der Waals surface area contributed by atoms with Gasteiger partial charge in [-0.2, -0.15) is 26.3 Å². The van der Waals surface area contributed by atoms with E-state index in [-0.39, 0.29) is 17.8 Å². The topological polar surface area (TPSA) is 34.2 Å². The van der Waals surface area contributed by atoms with Crippen LogP contribution in [0.5, 0.6) is 5.75 Å². The second kappa shape index (κ2) is 6.50. The van der Waals surface area contributed by atoms with Gasteiger partial charge in [-0.1, -0.05) is 6.92 Å². The molecular formula is C12H14F6N2O. The summed E-state index contributed by atoms with van der Waals surface area (Å²) in [4.78, 5) is 3.84. The Kier molecular flexibility index (Phi) is 5.43. The van der Waals surface area contributed by atoms with Gasteiger partial charge in [0.2, 0.25) is 0 Å². The summed E-state index contributed by atoms with van der Waals surface area (Å²) in [7, 11) is 0. The van der Waals surface area contributed by atoms with Crippen LogP contribution in [0.2, 0.25) is 0 Å². The summed E-state index contributed by atoms with van der Waals surface area (Å²) in [5.74, 6) is -0.483. The minimum absolute atomic E-state index is 0.0571. The molecule has 0 amide bonds. The van der Waals surface area contributed by atoms with Crippen molar-refractivity contribution in [3.05, 3.63) is 23.5 Å². The van der Waals surface area contributed by atoms with Crippen LogP contribution in [0.25, 0.3) is 0 Å². The smallest absolute Gasteiger partial charge is 0.434 e. The van der Waals surface area contributed by atoms with Crippen LogP contribution in [-0.4, -0.2) is 30.0 Å². The van der Waals surface area contributed by atoms with Crippen LogP contribution in [0.3, 0.4) is 0 Å². The van der Waals surface area contributed by atoms with Crippen LogP contribution < -0.4 is 10.1 Å². The molecule has 0 aliphatic rings. The molecule has 1 aromatic heterocycles. The van der Waals surface area contributed by atoms with E-state index in [0.29, 0.717) is 6.54 Å². The van der Waals surface area contributed by atoms with Crippen molar-refractivity contribution in [3.8, 4) is 5.75 Å². The summed E-state index contributed by atoms with van der Waals surface area (Å²) >= 11 is 0. The first-order valence-corrected chi connectivity index (χ1v) is 6.02. The molecule has 0 atom stereocenters. The molecule has 0 saturated carbocycles. The van der Waals surface area contributed by atoms with Gasteiger partial charge in [0.15, 0.2) is 0 Å². The van der Waals surface area contributed by atoms with Crippen LogP contribution in [0, 0.1) is 6.92 Å². The van der Waals surface area contributed by atoms with E-state index >= 15 is 0 Å². The van der Waals surface area contributed by atoms with Gasteiger partial charge in [0.1, 0.15) is 5.75 Å². The molecule has 0 radical (unpaired) electrons. The summed E-state index contributed by atoms with van der Waals surface area (Å²) in [6.45, 7) is 3.74. The van der Waals surface area contributed by atoms with Crippen LogP contribution in [0.15, 0.2) is 12.3 Å². The van der Waals surface area contributed by atoms with Gasteiger partial charge in [-0.25, -0.2) is 0 Å². The Labute approximate surface area is 117 Å². The molecule has 0 aliphatic heterocycles. The molecule has 9 heteroatoms. The fraction of sp³-hybridized carbons (Fsp3) is 0.583. The molecule has 0 saturated heterocycles. The zero-order valence-electron chi connectivity index (χ0n) is 11.3. The average Bonchev–Trinajstić information content (AvgIpc) is 2.32. The van der Waals surface area contributed by atoms with Crippen LogP contribution in [0.4, 0.5) is 26.3 Å². The Bertz CT molecular complexity index is 458. The third-order valence-electron chi connectivity index (χ3n) is 2.49. The maximum absolute atomic E-state index is 12.5. The van der Waals surface area contributed by atoms with Gasteiger partial charge >= 0.3 is 12.4 Å². The van der Waals surface area contributed by atoms with Crippen LogP contribution in [0.1, 0.15) is 18.2 Å². The van der Waals surface area contributed by atoms with Gasteiger partial charge < -0.3 is 10.1 Å². The summed E-state index contributed by atoms with van der Waals surface area (Å²) in [6, 6.07) is 1.05. The van der Waals surface area contributed by atoms with Gasteiger partial charge in [0.05, 0.1) is 0 Å². The Balaban J connectivity index is 3.10. The number of nitrogens with one attached hydrogen (secondary N) is 1. The van der Waals surface area contributed by atoms with E-state index in [1.54, 1.807) is 6.92 Å². The first-order valence-electron chi connectivity index (χ1n) is 6.02. The van der Waals surface area contributed by atoms with E-state index in [1.807, 2.05) is 0 Å². The second-order valence-corrected chi connectivity index (χ2v) is 4.29. The van der Waals surface area contributed by atoms with Crippen molar-refractivity contribution in [2.45, 2.75) is 38.8 Å². The average molecular weight is 316 g/mol. The lowest BCUT2D eigenvalue weighted by Crippen LogP contribution is -2.46. The lowest BCUT2D eigenvalue weighted by Gasteiger charge is -2.25. The van der Waals surface area contributed by atoms with Crippen molar-refractivity contribution in [2.24, 2.45) is 0 Å². The van der Waals surface area contributed by atoms with E-state index in [1.165, 1.54) is 13.1 Å². The number of pyridine rings is 1. The summed E-state index contributed by atoms with van der Waals surface area (Å²) in [5.41, 5.74) is 0.384. The highest BCUT2D eigenvalue weighted by atomic mass is 19.4. The Morgan fingerprint density at radius 3 is 2.24 bits per heavy atom. The summed E-state index contributed by atoms with van der Waals surface area (Å²) in [5, 5.41) is 2.79. The molecule has 1 heterocycles. The standard InChI is InChI=1S/C12H14F6N2O/c1-3-19-5-8-6-20-7(2)4-9(8)21-10(11(13,14)15)12(16,17)18/h4,6,10,19H,3,5H2,1-2H3. The SMILES string of the molecule is CCNCc1cnc(C)cc1OC(C(F)(F)F)C(F)(F)F. The lowest BCUT2D eigenvalue weighted by atomic mass is 10.2. The Morgan fingerprint density at radius 1 is 1.19 bits per heavy atom. The molecular weight excluding hydrogens is 302 g/mol. The molecule has 0 unspecified atom stereocenters. The molecule has 0 bridgehead atoms. The number of aryl methyl sites for hydroxylation is 1. The van der Waals surface area contributed by atoms with Gasteiger partial charge in [-0.05, 0) is 13.5 Å². The maximum Gasteiger partial charge on any atom is 0.434 e. The third-order valence-corrected chi connectivity index (χ3v) is 2.49. The molecule has 1 aromatic rings. The summed E-state index contributed by atoms with van der Waals surface area (Å²) < 4.78 is 79.3. The number of halogens is 6. The number of alkyl halides is 6. The van der Waals surface area contributed by atoms with E-state index in [0.717, 1.165) is 6.07 Å². The number of hydrogen-bond donors (Lipinski definition) is 1. The molecule has 0 aliphatic carbocycles. The first-order chi connectivity index (χ1) is 9.55. The fourth-order valence-electron chi connectivity index (χ4n) is 1.51. The van der Waals surface area contributed by atoms with Gasteiger partial charge in [-0.3, -0.25) is 4.98 Å². The number of aromatic nitrogens is 1. The van der Waals surface area contributed by atoms with E-state index in [4.69, 9.17) is 0 Å². The molecule has 1 N–H and O–H groups in total. The van der Waals surface area contributed by atoms with Gasteiger partial charge in [0.25, 0.3) is 6.10 Å². The van der Waals surface area contributed by atoms with Crippen molar-refractivity contribution in [1.29, 1.82) is 0 Å². The van der Waals surface area contributed by atoms with E-state index in [9.17, 15) is 26.3 Å². The van der Waals surface area contributed by atoms with Crippen molar-refractivity contribution in [1.82, 2.24) is 10.3 Å².